The molecule has 0 amide bonds. The first-order valence-corrected chi connectivity index (χ1v) is 10.2. The lowest BCUT2D eigenvalue weighted by molar-refractivity contribution is 0.0515. The number of aromatic nitrogens is 2. The zero-order valence-corrected chi connectivity index (χ0v) is 17.8. The minimum absolute atomic E-state index is 0.147. The van der Waals surface area contributed by atoms with Gasteiger partial charge in [0.25, 0.3) is 0 Å². The van der Waals surface area contributed by atoms with Crippen LogP contribution in [0.3, 0.4) is 0 Å². The Morgan fingerprint density at radius 1 is 1.21 bits per heavy atom. The van der Waals surface area contributed by atoms with Gasteiger partial charge in [-0.2, -0.15) is 0 Å². The van der Waals surface area contributed by atoms with Crippen molar-refractivity contribution in [3.63, 3.8) is 0 Å². The number of hydrogen-bond acceptors (Lipinski definition) is 5. The predicted octanol–water partition coefficient (Wildman–Crippen LogP) is 5.44. The molecule has 5 nitrogen and oxygen atoms in total. The minimum Gasteiger partial charge on any atom is -0.467 e. The first kappa shape index (κ1) is 20.6. The third kappa shape index (κ3) is 4.31. The Labute approximate surface area is 172 Å². The van der Waals surface area contributed by atoms with E-state index < -0.39 is 0 Å². The number of benzene rings is 1. The van der Waals surface area contributed by atoms with Gasteiger partial charge in [0.15, 0.2) is 6.79 Å². The van der Waals surface area contributed by atoms with E-state index in [0.717, 1.165) is 42.0 Å². The fourth-order valence-corrected chi connectivity index (χ4v) is 3.84. The lowest BCUT2D eigenvalue weighted by atomic mass is 9.87. The molecular weight excluding hydrogens is 374 g/mol. The van der Waals surface area contributed by atoms with Gasteiger partial charge >= 0.3 is 0 Å². The fraction of sp³-hybridized carbons (Fsp3) is 0.455. The van der Waals surface area contributed by atoms with Crippen molar-refractivity contribution in [1.82, 2.24) is 10.2 Å². The molecule has 0 bridgehead atoms. The van der Waals surface area contributed by atoms with E-state index in [2.05, 4.69) is 48.1 Å². The molecule has 2 aromatic rings. The Balaban J connectivity index is 2.02. The molecule has 1 aliphatic rings. The maximum Gasteiger partial charge on any atom is 0.188 e. The van der Waals surface area contributed by atoms with Crippen molar-refractivity contribution in [2.75, 3.05) is 32.4 Å². The molecule has 0 saturated carbocycles. The maximum absolute atomic E-state index is 6.15. The Hall–Kier alpha value is -2.11. The Bertz CT molecular complexity index is 854. The second kappa shape index (κ2) is 9.39. The van der Waals surface area contributed by atoms with Gasteiger partial charge in [-0.1, -0.05) is 37.9 Å². The summed E-state index contributed by atoms with van der Waals surface area (Å²) in [7, 11) is 3.68. The molecule has 2 heterocycles. The summed E-state index contributed by atoms with van der Waals surface area (Å²) in [5.74, 6) is 1.16. The van der Waals surface area contributed by atoms with Gasteiger partial charge in [0.1, 0.15) is 11.4 Å². The van der Waals surface area contributed by atoms with Gasteiger partial charge in [-0.05, 0) is 48.6 Å². The van der Waals surface area contributed by atoms with Gasteiger partial charge in [0.05, 0.1) is 11.4 Å². The van der Waals surface area contributed by atoms with E-state index in [1.807, 2.05) is 12.1 Å². The quantitative estimate of drug-likeness (QED) is 0.551. The first-order chi connectivity index (χ1) is 13.6. The number of hydrogen-bond donors (Lipinski definition) is 0. The highest BCUT2D eigenvalue weighted by atomic mass is 35.5. The number of fused-ring (bicyclic) bond motifs is 1. The number of rotatable bonds is 8. The summed E-state index contributed by atoms with van der Waals surface area (Å²) < 4.78 is 10.7. The van der Waals surface area contributed by atoms with Gasteiger partial charge in [-0.25, -0.2) is 0 Å². The van der Waals surface area contributed by atoms with Crippen LogP contribution in [0.2, 0.25) is 5.02 Å². The zero-order valence-electron chi connectivity index (χ0n) is 17.0. The average Bonchev–Trinajstić information content (AvgIpc) is 2.71. The smallest absolute Gasteiger partial charge is 0.188 e. The lowest BCUT2D eigenvalue weighted by Gasteiger charge is -2.30. The van der Waals surface area contributed by atoms with E-state index in [9.17, 15) is 0 Å². The highest BCUT2D eigenvalue weighted by Crippen LogP contribution is 2.39. The molecule has 0 fully saturated rings. The molecule has 0 unspecified atom stereocenters. The van der Waals surface area contributed by atoms with E-state index in [1.165, 1.54) is 12.0 Å². The summed E-state index contributed by atoms with van der Waals surface area (Å²) in [4.78, 5) is 2.21. The molecule has 0 aliphatic carbocycles. The van der Waals surface area contributed by atoms with Crippen molar-refractivity contribution >= 4 is 22.9 Å². The molecule has 0 saturated heterocycles. The summed E-state index contributed by atoms with van der Waals surface area (Å²) in [5, 5.41) is 9.79. The number of likely N-dealkylation sites (N-methyl/N-ethyl adjacent to an activating group) is 1. The van der Waals surface area contributed by atoms with Gasteiger partial charge in [0.2, 0.25) is 0 Å². The molecular formula is C22H28ClN3O2. The van der Waals surface area contributed by atoms with Crippen LogP contribution in [0.1, 0.15) is 38.8 Å². The van der Waals surface area contributed by atoms with Crippen LogP contribution in [0.15, 0.2) is 30.3 Å². The van der Waals surface area contributed by atoms with Crippen LogP contribution >= 0.6 is 11.6 Å². The molecule has 0 spiro atoms. The second-order valence-corrected chi connectivity index (χ2v) is 7.53. The van der Waals surface area contributed by atoms with Crippen molar-refractivity contribution in [2.45, 2.75) is 33.1 Å². The lowest BCUT2D eigenvalue weighted by Crippen LogP contribution is -2.25. The van der Waals surface area contributed by atoms with Crippen molar-refractivity contribution in [3.05, 3.63) is 41.1 Å². The Morgan fingerprint density at radius 3 is 2.75 bits per heavy atom. The molecule has 150 valence electrons. The largest absolute Gasteiger partial charge is 0.467 e. The molecule has 1 aliphatic heterocycles. The van der Waals surface area contributed by atoms with E-state index >= 15 is 0 Å². The third-order valence-corrected chi connectivity index (χ3v) is 5.40. The van der Waals surface area contributed by atoms with Crippen LogP contribution in [-0.2, 0) is 4.74 Å². The zero-order chi connectivity index (χ0) is 20.1. The predicted molar refractivity (Wildman–Crippen MR) is 115 cm³/mol. The summed E-state index contributed by atoms with van der Waals surface area (Å²) in [5.41, 5.74) is 5.03. The number of halogens is 1. The van der Waals surface area contributed by atoms with Crippen LogP contribution in [0.5, 0.6) is 5.75 Å². The minimum atomic E-state index is 0.147. The fourth-order valence-electron chi connectivity index (χ4n) is 3.68. The number of anilines is 1. The van der Waals surface area contributed by atoms with Crippen molar-refractivity contribution in [2.24, 2.45) is 5.92 Å². The standard InChI is InChI=1S/C22H28ClN3O2/c1-5-7-15(6-2)17-10-11-26(3)20-13-19(24-25-22(17)20)18-9-8-16(23)12-21(18)28-14-27-4/h8-10,12-13,15H,5-7,11,14H2,1-4H3/t15-/m1/s1. The monoisotopic (exact) mass is 401 g/mol. The van der Waals surface area contributed by atoms with Crippen molar-refractivity contribution < 1.29 is 9.47 Å². The molecule has 1 aromatic heterocycles. The summed E-state index contributed by atoms with van der Waals surface area (Å²) in [6.07, 6.45) is 5.74. The van der Waals surface area contributed by atoms with E-state index in [1.54, 1.807) is 13.2 Å². The van der Waals surface area contributed by atoms with Gasteiger partial charge in [-0.15, -0.1) is 10.2 Å². The highest BCUT2D eigenvalue weighted by molar-refractivity contribution is 6.30. The maximum atomic E-state index is 6.15. The van der Waals surface area contributed by atoms with Crippen molar-refractivity contribution in [3.8, 4) is 17.0 Å². The van der Waals surface area contributed by atoms with Crippen LogP contribution in [0.4, 0.5) is 5.69 Å². The third-order valence-electron chi connectivity index (χ3n) is 5.17. The summed E-state index contributed by atoms with van der Waals surface area (Å²) in [6.45, 7) is 5.50. The number of nitrogens with zero attached hydrogens (tertiary/aromatic N) is 3. The Morgan fingerprint density at radius 2 is 2.04 bits per heavy atom. The number of allylic oxidation sites excluding steroid dienone is 1. The van der Waals surface area contributed by atoms with Crippen LogP contribution in [0, 0.1) is 5.92 Å². The molecule has 3 rings (SSSR count). The average molecular weight is 402 g/mol. The van der Waals surface area contributed by atoms with Gasteiger partial charge in [0, 0.05) is 31.3 Å². The van der Waals surface area contributed by atoms with E-state index in [4.69, 9.17) is 21.1 Å². The summed E-state index contributed by atoms with van der Waals surface area (Å²) in [6, 6.07) is 7.62. The van der Waals surface area contributed by atoms with Crippen LogP contribution in [0.25, 0.3) is 16.8 Å². The molecule has 28 heavy (non-hydrogen) atoms. The number of methoxy groups -OCH3 is 1. The number of ether oxygens (including phenoxy) is 2. The van der Waals surface area contributed by atoms with Gasteiger partial charge < -0.3 is 14.4 Å². The first-order valence-electron chi connectivity index (χ1n) is 9.79. The topological polar surface area (TPSA) is 47.5 Å². The molecule has 1 atom stereocenters. The van der Waals surface area contributed by atoms with E-state index in [-0.39, 0.29) is 6.79 Å². The van der Waals surface area contributed by atoms with Gasteiger partial charge in [-0.3, -0.25) is 0 Å². The SMILES string of the molecule is CCC[C@@H](CC)C1=CCN(C)c2cc(-c3ccc(Cl)cc3OCOC)nnc21. The molecule has 0 N–H and O–H groups in total. The summed E-state index contributed by atoms with van der Waals surface area (Å²) >= 11 is 6.15. The second-order valence-electron chi connectivity index (χ2n) is 7.09. The van der Waals surface area contributed by atoms with Crippen molar-refractivity contribution in [1.29, 1.82) is 0 Å². The molecule has 1 aromatic carbocycles. The normalized spacial score (nSPS) is 14.5. The Kier molecular flexibility index (Phi) is 6.92. The van der Waals surface area contributed by atoms with Crippen LogP contribution < -0.4 is 9.64 Å². The molecule has 0 radical (unpaired) electrons. The molecule has 6 heteroatoms. The van der Waals surface area contributed by atoms with Crippen LogP contribution in [-0.4, -0.2) is 37.7 Å². The highest BCUT2D eigenvalue weighted by Gasteiger charge is 2.25. The van der Waals surface area contributed by atoms with E-state index in [0.29, 0.717) is 16.7 Å².